The van der Waals surface area contributed by atoms with Gasteiger partial charge in [-0.2, -0.15) is 18.4 Å². The lowest BCUT2D eigenvalue weighted by molar-refractivity contribution is -0.143. The highest BCUT2D eigenvalue weighted by Crippen LogP contribution is 2.32. The smallest absolute Gasteiger partial charge is 0.417 e. The highest BCUT2D eigenvalue weighted by molar-refractivity contribution is 6.31. The molecule has 0 aliphatic rings. The second-order valence-corrected chi connectivity index (χ2v) is 3.81. The van der Waals surface area contributed by atoms with Crippen molar-refractivity contribution in [3.8, 4) is 6.07 Å². The average Bonchev–Trinajstić information content (AvgIpc) is 2.31. The van der Waals surface area contributed by atoms with Gasteiger partial charge in [0.1, 0.15) is 0 Å². The molecular weight excluding hydrogens is 285 g/mol. The number of halogens is 4. The molecule has 1 aromatic rings. The first kappa shape index (κ1) is 15.2. The molecule has 0 bridgehead atoms. The Morgan fingerprint density at radius 1 is 1.63 bits per heavy atom. The zero-order chi connectivity index (χ0) is 14.6. The number of aromatic nitrogens is 1. The van der Waals surface area contributed by atoms with Gasteiger partial charge < -0.3 is 4.74 Å². The predicted molar refractivity (Wildman–Crippen MR) is 59.2 cm³/mol. The Hall–Kier alpha value is -1.81. The molecule has 0 spiro atoms. The van der Waals surface area contributed by atoms with E-state index >= 15 is 0 Å². The van der Waals surface area contributed by atoms with E-state index in [1.54, 1.807) is 6.07 Å². The second kappa shape index (κ2) is 5.89. The van der Waals surface area contributed by atoms with Gasteiger partial charge >= 0.3 is 12.1 Å². The Morgan fingerprint density at radius 2 is 2.26 bits per heavy atom. The van der Waals surface area contributed by atoms with Gasteiger partial charge in [-0.25, -0.2) is 0 Å². The van der Waals surface area contributed by atoms with Crippen molar-refractivity contribution >= 4 is 17.6 Å². The topological polar surface area (TPSA) is 63.0 Å². The number of pyridine rings is 1. The molecule has 0 radical (unpaired) electrons. The number of carbonyl (C=O) groups is 1. The fourth-order valence-electron chi connectivity index (χ4n) is 1.27. The van der Waals surface area contributed by atoms with Crippen LogP contribution < -0.4 is 0 Å². The van der Waals surface area contributed by atoms with Crippen molar-refractivity contribution in [3.05, 3.63) is 28.5 Å². The SMILES string of the molecule is CCOC(=O)[C@@H](C#N)c1ncc(C(F)(F)F)cc1Cl. The number of hydrogen-bond donors (Lipinski definition) is 0. The summed E-state index contributed by atoms with van der Waals surface area (Å²) < 4.78 is 41.8. The van der Waals surface area contributed by atoms with Gasteiger partial charge in [0.15, 0.2) is 5.92 Å². The molecule has 0 saturated carbocycles. The van der Waals surface area contributed by atoms with Crippen LogP contribution in [-0.2, 0) is 15.7 Å². The van der Waals surface area contributed by atoms with Crippen molar-refractivity contribution in [2.45, 2.75) is 19.0 Å². The summed E-state index contributed by atoms with van der Waals surface area (Å²) in [7, 11) is 0. The molecule has 1 heterocycles. The highest BCUT2D eigenvalue weighted by Gasteiger charge is 2.33. The van der Waals surface area contributed by atoms with Crippen LogP contribution in [0.5, 0.6) is 0 Å². The number of alkyl halides is 3. The Bertz CT molecular complexity index is 526. The van der Waals surface area contributed by atoms with Gasteiger partial charge in [0.25, 0.3) is 0 Å². The molecule has 0 amide bonds. The summed E-state index contributed by atoms with van der Waals surface area (Å²) in [4.78, 5) is 14.9. The molecular formula is C11H8ClF3N2O2. The molecule has 1 aromatic heterocycles. The third-order valence-corrected chi connectivity index (χ3v) is 2.42. The summed E-state index contributed by atoms with van der Waals surface area (Å²) >= 11 is 5.63. The zero-order valence-electron chi connectivity index (χ0n) is 9.66. The van der Waals surface area contributed by atoms with Gasteiger partial charge in [0.05, 0.1) is 29.0 Å². The van der Waals surface area contributed by atoms with Crippen molar-refractivity contribution in [1.29, 1.82) is 5.26 Å². The molecule has 4 nitrogen and oxygen atoms in total. The minimum absolute atomic E-state index is 0.0370. The molecule has 1 rings (SSSR count). The summed E-state index contributed by atoms with van der Waals surface area (Å²) in [6.07, 6.45) is -4.08. The summed E-state index contributed by atoms with van der Waals surface area (Å²) in [5, 5.41) is 8.45. The summed E-state index contributed by atoms with van der Waals surface area (Å²) in [5.74, 6) is -2.35. The van der Waals surface area contributed by atoms with Crippen LogP contribution in [0.15, 0.2) is 12.3 Å². The first-order valence-corrected chi connectivity index (χ1v) is 5.48. The molecule has 8 heteroatoms. The number of rotatable bonds is 3. The number of esters is 1. The van der Waals surface area contributed by atoms with Crippen molar-refractivity contribution in [1.82, 2.24) is 4.98 Å². The number of nitriles is 1. The van der Waals surface area contributed by atoms with Crippen molar-refractivity contribution in [2.75, 3.05) is 6.61 Å². The van der Waals surface area contributed by atoms with E-state index in [1.807, 2.05) is 0 Å². The Morgan fingerprint density at radius 3 is 2.68 bits per heavy atom. The van der Waals surface area contributed by atoms with Gasteiger partial charge in [-0.15, -0.1) is 0 Å². The van der Waals surface area contributed by atoms with E-state index in [9.17, 15) is 18.0 Å². The molecule has 102 valence electrons. The van der Waals surface area contributed by atoms with Crippen LogP contribution in [0.25, 0.3) is 0 Å². The van der Waals surface area contributed by atoms with E-state index in [-0.39, 0.29) is 12.3 Å². The zero-order valence-corrected chi connectivity index (χ0v) is 10.4. The maximum Gasteiger partial charge on any atom is 0.417 e. The fraction of sp³-hybridized carbons (Fsp3) is 0.364. The third-order valence-electron chi connectivity index (χ3n) is 2.12. The van der Waals surface area contributed by atoms with Gasteiger partial charge in [0.2, 0.25) is 0 Å². The molecule has 0 N–H and O–H groups in total. The van der Waals surface area contributed by atoms with Crippen molar-refractivity contribution in [3.63, 3.8) is 0 Å². The fourth-order valence-corrected chi connectivity index (χ4v) is 1.54. The number of nitrogens with zero attached hydrogens (tertiary/aromatic N) is 2. The van der Waals surface area contributed by atoms with Crippen LogP contribution in [0.1, 0.15) is 24.1 Å². The lowest BCUT2D eigenvalue weighted by Gasteiger charge is -2.12. The molecule has 0 aliphatic carbocycles. The molecule has 0 aliphatic heterocycles. The van der Waals surface area contributed by atoms with E-state index in [4.69, 9.17) is 16.9 Å². The maximum absolute atomic E-state index is 12.4. The van der Waals surface area contributed by atoms with E-state index in [2.05, 4.69) is 9.72 Å². The first-order chi connectivity index (χ1) is 8.81. The van der Waals surface area contributed by atoms with Crippen LogP contribution in [0, 0.1) is 11.3 Å². The first-order valence-electron chi connectivity index (χ1n) is 5.10. The van der Waals surface area contributed by atoms with Gasteiger partial charge in [-0.3, -0.25) is 9.78 Å². The van der Waals surface area contributed by atoms with E-state index in [1.165, 1.54) is 6.92 Å². The largest absolute Gasteiger partial charge is 0.465 e. The van der Waals surface area contributed by atoms with Crippen LogP contribution in [0.3, 0.4) is 0 Å². The van der Waals surface area contributed by atoms with Gasteiger partial charge in [-0.05, 0) is 13.0 Å². The maximum atomic E-state index is 12.4. The summed E-state index contributed by atoms with van der Waals surface area (Å²) in [6, 6.07) is 2.22. The van der Waals surface area contributed by atoms with E-state index in [0.717, 1.165) is 0 Å². The van der Waals surface area contributed by atoms with E-state index < -0.39 is 28.6 Å². The van der Waals surface area contributed by atoms with Crippen LogP contribution >= 0.6 is 11.6 Å². The van der Waals surface area contributed by atoms with Crippen LogP contribution in [0.2, 0.25) is 5.02 Å². The molecule has 1 atom stereocenters. The minimum atomic E-state index is -4.60. The standard InChI is InChI=1S/C11H8ClF3N2O2/c1-2-19-10(18)7(4-16)9-8(12)3-6(5-17-9)11(13,14)15/h3,5,7H,2H2,1H3/t7-/m0/s1. The quantitative estimate of drug-likeness (QED) is 0.804. The highest BCUT2D eigenvalue weighted by atomic mass is 35.5. The summed E-state index contributed by atoms with van der Waals surface area (Å²) in [5.41, 5.74) is -1.31. The molecule has 0 unspecified atom stereocenters. The lowest BCUT2D eigenvalue weighted by atomic mass is 10.1. The van der Waals surface area contributed by atoms with Crippen molar-refractivity contribution < 1.29 is 22.7 Å². The van der Waals surface area contributed by atoms with Crippen molar-refractivity contribution in [2.24, 2.45) is 0 Å². The molecule has 19 heavy (non-hydrogen) atoms. The molecule has 0 fully saturated rings. The predicted octanol–water partition coefficient (Wildman–Crippen LogP) is 2.92. The van der Waals surface area contributed by atoms with E-state index in [0.29, 0.717) is 12.3 Å². The van der Waals surface area contributed by atoms with Gasteiger partial charge in [0, 0.05) is 6.20 Å². The minimum Gasteiger partial charge on any atom is -0.465 e. The van der Waals surface area contributed by atoms with Crippen LogP contribution in [0.4, 0.5) is 13.2 Å². The number of hydrogen-bond acceptors (Lipinski definition) is 4. The number of carbonyl (C=O) groups excluding carboxylic acids is 1. The molecule has 0 aromatic carbocycles. The monoisotopic (exact) mass is 292 g/mol. The van der Waals surface area contributed by atoms with Crippen LogP contribution in [-0.4, -0.2) is 17.6 Å². The Balaban J connectivity index is 3.15. The lowest BCUT2D eigenvalue weighted by Crippen LogP contribution is -2.17. The molecule has 0 saturated heterocycles. The number of ether oxygens (including phenoxy) is 1. The average molecular weight is 293 g/mol. The third kappa shape index (κ3) is 3.58. The summed E-state index contributed by atoms with van der Waals surface area (Å²) in [6.45, 7) is 1.57. The Kier molecular flexibility index (Phi) is 4.72. The second-order valence-electron chi connectivity index (χ2n) is 3.40. The van der Waals surface area contributed by atoms with Gasteiger partial charge in [-0.1, -0.05) is 11.6 Å². The Labute approximate surface area is 111 Å². The normalized spacial score (nSPS) is 12.6.